The lowest BCUT2D eigenvalue weighted by molar-refractivity contribution is 0.657. The molecule has 0 bridgehead atoms. The summed E-state index contributed by atoms with van der Waals surface area (Å²) in [4.78, 5) is 6.79. The standard InChI is InChI=1S/C43H28N2O/c1-2-8-29(9-3-1)33-12-6-13-37(27-33)45(36-20-17-31(18-21-36)34-16-15-30-10-4-5-11-32(30)26-34)38-22-24-39-35(28-38)19-23-40-41-14-7-25-44-43(41)46-42(39)40/h1-28H. The molecule has 0 N–H and O–H groups in total. The summed E-state index contributed by atoms with van der Waals surface area (Å²) in [6.45, 7) is 0. The predicted octanol–water partition coefficient (Wildman–Crippen LogP) is 12.1. The quantitative estimate of drug-likeness (QED) is 0.200. The Balaban J connectivity index is 1.18. The normalized spacial score (nSPS) is 11.5. The van der Waals surface area contributed by atoms with Crippen LogP contribution in [0.4, 0.5) is 17.1 Å². The van der Waals surface area contributed by atoms with Gasteiger partial charge in [0.25, 0.3) is 0 Å². The highest BCUT2D eigenvalue weighted by molar-refractivity contribution is 6.14. The van der Waals surface area contributed by atoms with E-state index < -0.39 is 0 Å². The van der Waals surface area contributed by atoms with Crippen molar-refractivity contribution in [3.63, 3.8) is 0 Å². The molecule has 0 saturated heterocycles. The zero-order valence-corrected chi connectivity index (χ0v) is 25.0. The van der Waals surface area contributed by atoms with E-state index in [1.165, 1.54) is 33.0 Å². The Bertz CT molecular complexity index is 2530. The third kappa shape index (κ3) is 4.49. The van der Waals surface area contributed by atoms with E-state index in [1.807, 2.05) is 6.07 Å². The van der Waals surface area contributed by atoms with Gasteiger partial charge in [-0.25, -0.2) is 4.98 Å². The van der Waals surface area contributed by atoms with Crippen molar-refractivity contribution in [1.82, 2.24) is 4.98 Å². The van der Waals surface area contributed by atoms with Crippen molar-refractivity contribution in [2.75, 3.05) is 4.90 Å². The van der Waals surface area contributed by atoms with Gasteiger partial charge in [-0.05, 0) is 105 Å². The molecule has 46 heavy (non-hydrogen) atoms. The fraction of sp³-hybridized carbons (Fsp3) is 0. The van der Waals surface area contributed by atoms with Crippen LogP contribution in [0.5, 0.6) is 0 Å². The Morgan fingerprint density at radius 1 is 0.391 bits per heavy atom. The number of anilines is 3. The van der Waals surface area contributed by atoms with E-state index in [4.69, 9.17) is 4.42 Å². The zero-order valence-electron chi connectivity index (χ0n) is 25.0. The number of pyridine rings is 1. The van der Waals surface area contributed by atoms with E-state index in [1.54, 1.807) is 6.20 Å². The molecule has 216 valence electrons. The lowest BCUT2D eigenvalue weighted by atomic mass is 10.0. The molecule has 3 heteroatoms. The van der Waals surface area contributed by atoms with E-state index in [0.717, 1.165) is 44.2 Å². The Morgan fingerprint density at radius 2 is 1.07 bits per heavy atom. The van der Waals surface area contributed by atoms with E-state index in [2.05, 4.69) is 168 Å². The van der Waals surface area contributed by atoms with Gasteiger partial charge in [0.2, 0.25) is 5.71 Å². The Morgan fingerprint density at radius 3 is 1.96 bits per heavy atom. The first-order chi connectivity index (χ1) is 22.8. The summed E-state index contributed by atoms with van der Waals surface area (Å²) in [6.07, 6.45) is 1.78. The lowest BCUT2D eigenvalue weighted by Crippen LogP contribution is -2.10. The highest BCUT2D eigenvalue weighted by Crippen LogP contribution is 2.40. The van der Waals surface area contributed by atoms with Crippen LogP contribution >= 0.6 is 0 Å². The molecule has 9 rings (SSSR count). The van der Waals surface area contributed by atoms with Crippen molar-refractivity contribution in [3.05, 3.63) is 170 Å². The van der Waals surface area contributed by atoms with E-state index in [9.17, 15) is 0 Å². The fourth-order valence-corrected chi connectivity index (χ4v) is 6.60. The molecule has 0 fully saturated rings. The molecule has 0 aliphatic heterocycles. The number of rotatable bonds is 5. The summed E-state index contributed by atoms with van der Waals surface area (Å²) in [6, 6.07) is 58.3. The highest BCUT2D eigenvalue weighted by atomic mass is 16.3. The van der Waals surface area contributed by atoms with E-state index >= 15 is 0 Å². The van der Waals surface area contributed by atoms with Gasteiger partial charge >= 0.3 is 0 Å². The van der Waals surface area contributed by atoms with Crippen LogP contribution < -0.4 is 4.90 Å². The molecule has 2 aromatic heterocycles. The lowest BCUT2D eigenvalue weighted by Gasteiger charge is -2.26. The van der Waals surface area contributed by atoms with Crippen LogP contribution in [-0.4, -0.2) is 4.98 Å². The van der Waals surface area contributed by atoms with Gasteiger partial charge in [-0.2, -0.15) is 0 Å². The number of fused-ring (bicyclic) bond motifs is 6. The average Bonchev–Trinajstić information content (AvgIpc) is 3.51. The maximum absolute atomic E-state index is 6.26. The van der Waals surface area contributed by atoms with Crippen molar-refractivity contribution in [2.45, 2.75) is 0 Å². The van der Waals surface area contributed by atoms with Gasteiger partial charge < -0.3 is 9.32 Å². The minimum Gasteiger partial charge on any atom is -0.437 e. The molecular weight excluding hydrogens is 560 g/mol. The van der Waals surface area contributed by atoms with Crippen molar-refractivity contribution >= 4 is 60.7 Å². The van der Waals surface area contributed by atoms with E-state index in [0.29, 0.717) is 5.71 Å². The number of nitrogens with zero attached hydrogens (tertiary/aromatic N) is 2. The van der Waals surface area contributed by atoms with Gasteiger partial charge in [0.05, 0.1) is 0 Å². The first kappa shape index (κ1) is 26.2. The van der Waals surface area contributed by atoms with Crippen molar-refractivity contribution in [3.8, 4) is 22.3 Å². The van der Waals surface area contributed by atoms with Crippen LogP contribution in [-0.2, 0) is 0 Å². The Labute approximate surface area is 266 Å². The topological polar surface area (TPSA) is 29.3 Å². The second-order valence-corrected chi connectivity index (χ2v) is 11.7. The van der Waals surface area contributed by atoms with Crippen LogP contribution in [0.1, 0.15) is 0 Å². The van der Waals surface area contributed by atoms with Gasteiger partial charge in [0.1, 0.15) is 5.58 Å². The largest absolute Gasteiger partial charge is 0.437 e. The molecule has 0 aliphatic carbocycles. The summed E-state index contributed by atoms with van der Waals surface area (Å²) in [5.41, 5.74) is 9.55. The summed E-state index contributed by atoms with van der Waals surface area (Å²) in [5.74, 6) is 0. The minimum absolute atomic E-state index is 0.667. The van der Waals surface area contributed by atoms with Gasteiger partial charge in [0, 0.05) is 39.4 Å². The maximum Gasteiger partial charge on any atom is 0.227 e. The van der Waals surface area contributed by atoms with Crippen molar-refractivity contribution in [2.24, 2.45) is 0 Å². The maximum atomic E-state index is 6.26. The molecule has 2 heterocycles. The average molecular weight is 589 g/mol. The first-order valence-electron chi connectivity index (χ1n) is 15.5. The Hall–Kier alpha value is -6.19. The number of hydrogen-bond acceptors (Lipinski definition) is 3. The first-order valence-corrected chi connectivity index (χ1v) is 15.5. The number of benzene rings is 7. The predicted molar refractivity (Wildman–Crippen MR) is 192 cm³/mol. The number of hydrogen-bond donors (Lipinski definition) is 0. The second kappa shape index (κ2) is 10.8. The van der Waals surface area contributed by atoms with E-state index in [-0.39, 0.29) is 0 Å². The van der Waals surface area contributed by atoms with Gasteiger partial charge in [-0.1, -0.05) is 97.1 Å². The van der Waals surface area contributed by atoms with Crippen LogP contribution in [0, 0.1) is 0 Å². The van der Waals surface area contributed by atoms with Crippen LogP contribution in [0.15, 0.2) is 174 Å². The zero-order chi connectivity index (χ0) is 30.5. The molecule has 3 nitrogen and oxygen atoms in total. The summed E-state index contributed by atoms with van der Waals surface area (Å²) in [5, 5.41) is 6.80. The molecule has 0 saturated carbocycles. The SMILES string of the molecule is c1ccc(-c2cccc(N(c3ccc(-c4ccc5ccccc5c4)cc3)c3ccc4c(ccc5c6cccnc6oc45)c3)c2)cc1. The summed E-state index contributed by atoms with van der Waals surface area (Å²) in [7, 11) is 0. The highest BCUT2D eigenvalue weighted by Gasteiger charge is 2.17. The summed E-state index contributed by atoms with van der Waals surface area (Å²) >= 11 is 0. The molecule has 0 aliphatic rings. The number of furan rings is 1. The minimum atomic E-state index is 0.667. The van der Waals surface area contributed by atoms with Crippen LogP contribution in [0.25, 0.3) is 65.9 Å². The summed E-state index contributed by atoms with van der Waals surface area (Å²) < 4.78 is 6.26. The van der Waals surface area contributed by atoms with Gasteiger partial charge in [-0.3, -0.25) is 0 Å². The van der Waals surface area contributed by atoms with Crippen molar-refractivity contribution < 1.29 is 4.42 Å². The fourth-order valence-electron chi connectivity index (χ4n) is 6.60. The molecule has 0 atom stereocenters. The monoisotopic (exact) mass is 588 g/mol. The molecule has 0 unspecified atom stereocenters. The number of aromatic nitrogens is 1. The molecule has 9 aromatic rings. The molecule has 0 spiro atoms. The van der Waals surface area contributed by atoms with Crippen LogP contribution in [0.3, 0.4) is 0 Å². The van der Waals surface area contributed by atoms with Crippen molar-refractivity contribution in [1.29, 1.82) is 0 Å². The Kier molecular flexibility index (Phi) is 6.14. The molecular formula is C43H28N2O. The van der Waals surface area contributed by atoms with Gasteiger partial charge in [0.15, 0.2) is 0 Å². The third-order valence-electron chi connectivity index (χ3n) is 8.89. The molecule has 7 aromatic carbocycles. The van der Waals surface area contributed by atoms with Gasteiger partial charge in [-0.15, -0.1) is 0 Å². The van der Waals surface area contributed by atoms with Crippen LogP contribution in [0.2, 0.25) is 0 Å². The molecule has 0 radical (unpaired) electrons. The smallest absolute Gasteiger partial charge is 0.227 e. The second-order valence-electron chi connectivity index (χ2n) is 11.7. The third-order valence-corrected chi connectivity index (χ3v) is 8.89. The molecule has 0 amide bonds.